The average molecular weight is 256 g/mol. The van der Waals surface area contributed by atoms with Crippen LogP contribution in [-0.4, -0.2) is 21.3 Å². The SMILES string of the molecule is CCCCNc1nn(-c2ccccn2)c(N)c1C#N. The van der Waals surface area contributed by atoms with Gasteiger partial charge in [-0.1, -0.05) is 19.4 Å². The summed E-state index contributed by atoms with van der Waals surface area (Å²) in [5.74, 6) is 1.42. The van der Waals surface area contributed by atoms with Crippen molar-refractivity contribution in [3.05, 3.63) is 30.0 Å². The maximum absolute atomic E-state index is 9.17. The Hall–Kier alpha value is -2.55. The van der Waals surface area contributed by atoms with E-state index in [0.717, 1.165) is 19.4 Å². The molecule has 2 heterocycles. The number of anilines is 2. The molecule has 0 radical (unpaired) electrons. The molecule has 98 valence electrons. The second kappa shape index (κ2) is 5.87. The van der Waals surface area contributed by atoms with Crippen LogP contribution < -0.4 is 11.1 Å². The molecule has 0 atom stereocenters. The molecule has 0 aliphatic carbocycles. The fraction of sp³-hybridized carbons (Fsp3) is 0.308. The van der Waals surface area contributed by atoms with Crippen molar-refractivity contribution in [3.63, 3.8) is 0 Å². The summed E-state index contributed by atoms with van der Waals surface area (Å²) in [6.07, 6.45) is 3.75. The Balaban J connectivity index is 2.34. The Morgan fingerprint density at radius 1 is 1.47 bits per heavy atom. The van der Waals surface area contributed by atoms with Crippen LogP contribution in [0, 0.1) is 11.3 Å². The summed E-state index contributed by atoms with van der Waals surface area (Å²) in [7, 11) is 0. The topological polar surface area (TPSA) is 92.6 Å². The molecule has 3 N–H and O–H groups in total. The van der Waals surface area contributed by atoms with Crippen molar-refractivity contribution in [1.82, 2.24) is 14.8 Å². The number of nitrogens with one attached hydrogen (secondary N) is 1. The van der Waals surface area contributed by atoms with Gasteiger partial charge in [0.25, 0.3) is 0 Å². The number of unbranched alkanes of at least 4 members (excludes halogenated alkanes) is 1. The van der Waals surface area contributed by atoms with Gasteiger partial charge in [-0.3, -0.25) is 0 Å². The highest BCUT2D eigenvalue weighted by molar-refractivity contribution is 5.65. The van der Waals surface area contributed by atoms with E-state index in [1.165, 1.54) is 4.68 Å². The summed E-state index contributed by atoms with van der Waals surface area (Å²) >= 11 is 0. The lowest BCUT2D eigenvalue weighted by molar-refractivity contribution is 0.817. The highest BCUT2D eigenvalue weighted by atomic mass is 15.4. The largest absolute Gasteiger partial charge is 0.382 e. The Kier molecular flexibility index (Phi) is 3.98. The number of nitrogen functional groups attached to an aromatic ring is 1. The molecular weight excluding hydrogens is 240 g/mol. The lowest BCUT2D eigenvalue weighted by Crippen LogP contribution is -2.05. The molecule has 19 heavy (non-hydrogen) atoms. The van der Waals surface area contributed by atoms with Crippen molar-refractivity contribution in [2.45, 2.75) is 19.8 Å². The molecule has 0 aliphatic heterocycles. The number of nitrogens with zero attached hydrogens (tertiary/aromatic N) is 4. The van der Waals surface area contributed by atoms with Crippen LogP contribution in [0.25, 0.3) is 5.82 Å². The van der Waals surface area contributed by atoms with Crippen molar-refractivity contribution in [3.8, 4) is 11.9 Å². The standard InChI is InChI=1S/C13H16N6/c1-2-3-7-17-13-10(9-14)12(15)19(18-13)11-6-4-5-8-16-11/h4-6,8H,2-3,7,15H2,1H3,(H,17,18). The number of pyridine rings is 1. The zero-order valence-electron chi connectivity index (χ0n) is 10.8. The maximum atomic E-state index is 9.17. The van der Waals surface area contributed by atoms with Crippen LogP contribution in [0.3, 0.4) is 0 Å². The van der Waals surface area contributed by atoms with E-state index in [1.807, 2.05) is 12.1 Å². The quantitative estimate of drug-likeness (QED) is 0.797. The molecule has 2 aromatic rings. The van der Waals surface area contributed by atoms with Crippen LogP contribution in [0.5, 0.6) is 0 Å². The molecule has 0 aromatic carbocycles. The second-order valence-corrected chi connectivity index (χ2v) is 4.10. The van der Waals surface area contributed by atoms with E-state index in [4.69, 9.17) is 5.73 Å². The zero-order valence-corrected chi connectivity index (χ0v) is 10.8. The third kappa shape index (κ3) is 2.65. The van der Waals surface area contributed by atoms with Gasteiger partial charge >= 0.3 is 0 Å². The summed E-state index contributed by atoms with van der Waals surface area (Å²) in [5, 5.41) is 16.6. The molecule has 0 spiro atoms. The predicted octanol–water partition coefficient (Wildman–Crippen LogP) is 1.93. The fourth-order valence-corrected chi connectivity index (χ4v) is 1.70. The molecule has 6 heteroatoms. The highest BCUT2D eigenvalue weighted by Gasteiger charge is 2.16. The van der Waals surface area contributed by atoms with Crippen LogP contribution in [0.15, 0.2) is 24.4 Å². The van der Waals surface area contributed by atoms with Gasteiger partial charge in [-0.25, -0.2) is 4.98 Å². The van der Waals surface area contributed by atoms with Gasteiger partial charge in [0.1, 0.15) is 17.5 Å². The van der Waals surface area contributed by atoms with Crippen molar-refractivity contribution >= 4 is 11.6 Å². The average Bonchev–Trinajstić information content (AvgIpc) is 2.76. The smallest absolute Gasteiger partial charge is 0.168 e. The van der Waals surface area contributed by atoms with Crippen molar-refractivity contribution in [2.24, 2.45) is 0 Å². The third-order valence-electron chi connectivity index (χ3n) is 2.72. The first-order chi connectivity index (χ1) is 9.27. The van der Waals surface area contributed by atoms with Crippen LogP contribution >= 0.6 is 0 Å². The van der Waals surface area contributed by atoms with Crippen LogP contribution in [0.2, 0.25) is 0 Å². The summed E-state index contributed by atoms with van der Waals surface area (Å²) in [5.41, 5.74) is 6.31. The first-order valence-corrected chi connectivity index (χ1v) is 6.21. The minimum absolute atomic E-state index is 0.306. The lowest BCUT2D eigenvalue weighted by atomic mass is 10.3. The minimum Gasteiger partial charge on any atom is -0.382 e. The first kappa shape index (κ1) is 12.9. The maximum Gasteiger partial charge on any atom is 0.168 e. The minimum atomic E-state index is 0.306. The molecule has 0 unspecified atom stereocenters. The van der Waals surface area contributed by atoms with E-state index in [1.54, 1.807) is 12.3 Å². The number of aromatic nitrogens is 3. The van der Waals surface area contributed by atoms with Crippen molar-refractivity contribution < 1.29 is 0 Å². The molecule has 0 bridgehead atoms. The van der Waals surface area contributed by atoms with E-state index in [-0.39, 0.29) is 0 Å². The van der Waals surface area contributed by atoms with E-state index in [0.29, 0.717) is 23.0 Å². The van der Waals surface area contributed by atoms with Gasteiger partial charge in [0.05, 0.1) is 0 Å². The van der Waals surface area contributed by atoms with E-state index in [9.17, 15) is 5.26 Å². The Bertz CT molecular complexity index is 581. The molecule has 0 saturated heterocycles. The molecular formula is C13H16N6. The number of hydrogen-bond donors (Lipinski definition) is 2. The molecule has 6 nitrogen and oxygen atoms in total. The second-order valence-electron chi connectivity index (χ2n) is 4.10. The number of nitrogens with two attached hydrogens (primary N) is 1. The molecule has 0 aliphatic rings. The van der Waals surface area contributed by atoms with Gasteiger partial charge in [-0.05, 0) is 18.6 Å². The first-order valence-electron chi connectivity index (χ1n) is 6.21. The summed E-state index contributed by atoms with van der Waals surface area (Å²) in [4.78, 5) is 4.18. The monoisotopic (exact) mass is 256 g/mol. The van der Waals surface area contributed by atoms with Gasteiger partial charge in [0, 0.05) is 12.7 Å². The molecule has 2 rings (SSSR count). The van der Waals surface area contributed by atoms with Crippen molar-refractivity contribution in [2.75, 3.05) is 17.6 Å². The normalized spacial score (nSPS) is 10.1. The summed E-state index contributed by atoms with van der Waals surface area (Å²) < 4.78 is 1.48. The van der Waals surface area contributed by atoms with E-state index < -0.39 is 0 Å². The van der Waals surface area contributed by atoms with Gasteiger partial charge in [0.2, 0.25) is 0 Å². The predicted molar refractivity (Wildman–Crippen MR) is 73.9 cm³/mol. The van der Waals surface area contributed by atoms with Crippen molar-refractivity contribution in [1.29, 1.82) is 5.26 Å². The highest BCUT2D eigenvalue weighted by Crippen LogP contribution is 2.23. The summed E-state index contributed by atoms with van der Waals surface area (Å²) in [6, 6.07) is 7.54. The van der Waals surface area contributed by atoms with Crippen LogP contribution in [0.1, 0.15) is 25.3 Å². The molecule has 2 aromatic heterocycles. The van der Waals surface area contributed by atoms with E-state index >= 15 is 0 Å². The Morgan fingerprint density at radius 2 is 2.32 bits per heavy atom. The van der Waals surface area contributed by atoms with Gasteiger partial charge in [-0.2, -0.15) is 9.94 Å². The third-order valence-corrected chi connectivity index (χ3v) is 2.72. The fourth-order valence-electron chi connectivity index (χ4n) is 1.70. The number of nitriles is 1. The Labute approximate surface area is 111 Å². The molecule has 0 amide bonds. The van der Waals surface area contributed by atoms with E-state index in [2.05, 4.69) is 28.4 Å². The van der Waals surface area contributed by atoms with Crippen LogP contribution in [-0.2, 0) is 0 Å². The molecule has 0 fully saturated rings. The van der Waals surface area contributed by atoms with Gasteiger partial charge in [0.15, 0.2) is 11.6 Å². The van der Waals surface area contributed by atoms with Crippen LogP contribution in [0.4, 0.5) is 11.6 Å². The zero-order chi connectivity index (χ0) is 13.7. The Morgan fingerprint density at radius 3 is 2.95 bits per heavy atom. The lowest BCUT2D eigenvalue weighted by Gasteiger charge is -2.01. The van der Waals surface area contributed by atoms with Gasteiger partial charge in [-0.15, -0.1) is 5.10 Å². The summed E-state index contributed by atoms with van der Waals surface area (Å²) in [6.45, 7) is 2.87. The number of hydrogen-bond acceptors (Lipinski definition) is 5. The number of rotatable bonds is 5. The molecule has 0 saturated carbocycles. The van der Waals surface area contributed by atoms with Gasteiger partial charge < -0.3 is 11.1 Å².